The van der Waals surface area contributed by atoms with Crippen LogP contribution < -0.4 is 5.32 Å². The van der Waals surface area contributed by atoms with Crippen LogP contribution in [0.2, 0.25) is 0 Å². The number of aromatic amines is 1. The van der Waals surface area contributed by atoms with Crippen molar-refractivity contribution in [3.05, 3.63) is 95.7 Å². The maximum atomic E-state index is 12.4. The van der Waals surface area contributed by atoms with Gasteiger partial charge in [0.15, 0.2) is 0 Å². The molecule has 4 aromatic rings. The van der Waals surface area contributed by atoms with Crippen LogP contribution in [0.15, 0.2) is 78.9 Å². The van der Waals surface area contributed by atoms with E-state index in [-0.39, 0.29) is 5.91 Å². The SMILES string of the molecule is O=C(Nc1ccccc1/C=C/c1n[nH]c2ccccc12)c1ccccc1. The third-order valence-corrected chi connectivity index (χ3v) is 4.17. The fraction of sp³-hybridized carbons (Fsp3) is 0. The molecule has 126 valence electrons. The number of carbonyl (C=O) groups excluding carboxylic acids is 1. The molecule has 4 heteroatoms. The van der Waals surface area contributed by atoms with E-state index in [9.17, 15) is 4.79 Å². The molecule has 1 aromatic heterocycles. The van der Waals surface area contributed by atoms with Crippen molar-refractivity contribution in [2.45, 2.75) is 0 Å². The van der Waals surface area contributed by atoms with Gasteiger partial charge >= 0.3 is 0 Å². The number of H-pyrrole nitrogens is 1. The van der Waals surface area contributed by atoms with Crippen LogP contribution in [0.5, 0.6) is 0 Å². The van der Waals surface area contributed by atoms with Crippen molar-refractivity contribution in [3.8, 4) is 0 Å². The summed E-state index contributed by atoms with van der Waals surface area (Å²) in [5.74, 6) is -0.128. The lowest BCUT2D eigenvalue weighted by Crippen LogP contribution is -2.12. The number of carbonyl (C=O) groups is 1. The summed E-state index contributed by atoms with van der Waals surface area (Å²) in [7, 11) is 0. The molecular weight excluding hydrogens is 322 g/mol. The number of aromatic nitrogens is 2. The molecule has 2 N–H and O–H groups in total. The monoisotopic (exact) mass is 339 g/mol. The zero-order valence-corrected chi connectivity index (χ0v) is 14.0. The number of hydrogen-bond acceptors (Lipinski definition) is 2. The second-order valence-corrected chi connectivity index (χ2v) is 5.90. The molecule has 0 aliphatic carbocycles. The average molecular weight is 339 g/mol. The molecule has 0 fully saturated rings. The van der Waals surface area contributed by atoms with Crippen molar-refractivity contribution < 1.29 is 4.79 Å². The lowest BCUT2D eigenvalue weighted by Gasteiger charge is -2.08. The smallest absolute Gasteiger partial charge is 0.255 e. The fourth-order valence-electron chi connectivity index (χ4n) is 2.82. The quantitative estimate of drug-likeness (QED) is 0.550. The van der Waals surface area contributed by atoms with Crippen molar-refractivity contribution in [2.75, 3.05) is 5.32 Å². The molecule has 0 atom stereocenters. The van der Waals surface area contributed by atoms with Gasteiger partial charge in [-0.2, -0.15) is 5.10 Å². The van der Waals surface area contributed by atoms with Gasteiger partial charge in [-0.1, -0.05) is 60.7 Å². The minimum Gasteiger partial charge on any atom is -0.321 e. The molecule has 0 bridgehead atoms. The summed E-state index contributed by atoms with van der Waals surface area (Å²) in [4.78, 5) is 12.4. The summed E-state index contributed by atoms with van der Waals surface area (Å²) in [6.07, 6.45) is 3.91. The third-order valence-electron chi connectivity index (χ3n) is 4.17. The van der Waals surface area contributed by atoms with Crippen LogP contribution in [-0.2, 0) is 0 Å². The largest absolute Gasteiger partial charge is 0.321 e. The predicted octanol–water partition coefficient (Wildman–Crippen LogP) is 4.99. The first-order valence-electron chi connectivity index (χ1n) is 8.38. The predicted molar refractivity (Wildman–Crippen MR) is 106 cm³/mol. The highest BCUT2D eigenvalue weighted by Crippen LogP contribution is 2.21. The van der Waals surface area contributed by atoms with E-state index >= 15 is 0 Å². The molecule has 26 heavy (non-hydrogen) atoms. The lowest BCUT2D eigenvalue weighted by molar-refractivity contribution is 0.102. The molecule has 0 spiro atoms. The first-order valence-corrected chi connectivity index (χ1v) is 8.38. The number of benzene rings is 3. The number of para-hydroxylation sites is 2. The minimum atomic E-state index is -0.128. The molecule has 1 amide bonds. The molecule has 0 aliphatic rings. The zero-order valence-electron chi connectivity index (χ0n) is 14.0. The first-order chi connectivity index (χ1) is 12.8. The van der Waals surface area contributed by atoms with Gasteiger partial charge < -0.3 is 5.32 Å². The Bertz CT molecular complexity index is 1080. The molecular formula is C22H17N3O. The van der Waals surface area contributed by atoms with Crippen LogP contribution in [0.25, 0.3) is 23.1 Å². The molecule has 0 saturated carbocycles. The van der Waals surface area contributed by atoms with Crippen LogP contribution in [0.1, 0.15) is 21.6 Å². The Labute approximate surface area is 151 Å². The highest BCUT2D eigenvalue weighted by atomic mass is 16.1. The van der Waals surface area contributed by atoms with Gasteiger partial charge in [0.2, 0.25) is 0 Å². The number of hydrogen-bond donors (Lipinski definition) is 2. The standard InChI is InChI=1S/C22H17N3O/c26-22(17-9-2-1-3-10-17)23-19-12-6-4-8-16(19)14-15-21-18-11-5-7-13-20(18)24-25-21/h1-15H,(H,23,26)(H,24,25)/b15-14+. The van der Waals surface area contributed by atoms with E-state index in [0.29, 0.717) is 5.56 Å². The maximum Gasteiger partial charge on any atom is 0.255 e. The van der Waals surface area contributed by atoms with Crippen LogP contribution in [0, 0.1) is 0 Å². The Hall–Kier alpha value is -3.66. The molecule has 0 unspecified atom stereocenters. The Morgan fingerprint density at radius 2 is 1.58 bits per heavy atom. The Morgan fingerprint density at radius 3 is 2.46 bits per heavy atom. The third kappa shape index (κ3) is 3.26. The van der Waals surface area contributed by atoms with E-state index in [1.807, 2.05) is 78.9 Å². The molecule has 0 radical (unpaired) electrons. The molecule has 4 rings (SSSR count). The van der Waals surface area contributed by atoms with Crippen molar-refractivity contribution >= 4 is 34.6 Å². The number of nitrogens with one attached hydrogen (secondary N) is 2. The van der Waals surface area contributed by atoms with Crippen molar-refractivity contribution in [1.82, 2.24) is 10.2 Å². The zero-order chi connectivity index (χ0) is 17.8. The van der Waals surface area contributed by atoms with Crippen LogP contribution in [-0.4, -0.2) is 16.1 Å². The maximum absolute atomic E-state index is 12.4. The van der Waals surface area contributed by atoms with Crippen LogP contribution >= 0.6 is 0 Å². The Morgan fingerprint density at radius 1 is 0.846 bits per heavy atom. The van der Waals surface area contributed by atoms with Crippen molar-refractivity contribution in [3.63, 3.8) is 0 Å². The summed E-state index contributed by atoms with van der Waals surface area (Å²) < 4.78 is 0. The normalized spacial score (nSPS) is 11.1. The van der Waals surface area contributed by atoms with Crippen molar-refractivity contribution in [2.24, 2.45) is 0 Å². The Kier molecular flexibility index (Phi) is 4.31. The van der Waals surface area contributed by atoms with E-state index in [1.165, 1.54) is 0 Å². The van der Waals surface area contributed by atoms with Gasteiger partial charge in [0.05, 0.1) is 11.2 Å². The van der Waals surface area contributed by atoms with Gasteiger partial charge in [-0.05, 0) is 35.9 Å². The van der Waals surface area contributed by atoms with Gasteiger partial charge in [0.1, 0.15) is 0 Å². The van der Waals surface area contributed by atoms with Crippen LogP contribution in [0.4, 0.5) is 5.69 Å². The van der Waals surface area contributed by atoms with E-state index in [1.54, 1.807) is 12.1 Å². The number of rotatable bonds is 4. The summed E-state index contributed by atoms with van der Waals surface area (Å²) in [5.41, 5.74) is 4.17. The minimum absolute atomic E-state index is 0.128. The van der Waals surface area contributed by atoms with Crippen LogP contribution in [0.3, 0.4) is 0 Å². The highest BCUT2D eigenvalue weighted by Gasteiger charge is 2.07. The molecule has 1 heterocycles. The molecule has 0 saturated heterocycles. The van der Waals surface area contributed by atoms with Gasteiger partial charge in [-0.25, -0.2) is 0 Å². The number of fused-ring (bicyclic) bond motifs is 1. The van der Waals surface area contributed by atoms with E-state index < -0.39 is 0 Å². The summed E-state index contributed by atoms with van der Waals surface area (Å²) in [6.45, 7) is 0. The second kappa shape index (κ2) is 7.07. The number of nitrogens with zero attached hydrogens (tertiary/aromatic N) is 1. The number of anilines is 1. The average Bonchev–Trinajstić information content (AvgIpc) is 3.11. The van der Waals surface area contributed by atoms with E-state index in [4.69, 9.17) is 0 Å². The van der Waals surface area contributed by atoms with E-state index in [2.05, 4.69) is 15.5 Å². The van der Waals surface area contributed by atoms with E-state index in [0.717, 1.165) is 27.8 Å². The lowest BCUT2D eigenvalue weighted by atomic mass is 10.1. The fourth-order valence-corrected chi connectivity index (χ4v) is 2.82. The Balaban J connectivity index is 1.61. The van der Waals surface area contributed by atoms with Gasteiger partial charge in [-0.3, -0.25) is 9.89 Å². The summed E-state index contributed by atoms with van der Waals surface area (Å²) >= 11 is 0. The van der Waals surface area contributed by atoms with Gasteiger partial charge in [-0.15, -0.1) is 0 Å². The van der Waals surface area contributed by atoms with Crippen molar-refractivity contribution in [1.29, 1.82) is 0 Å². The topological polar surface area (TPSA) is 57.8 Å². The summed E-state index contributed by atoms with van der Waals surface area (Å²) in [5, 5.41) is 11.4. The van der Waals surface area contributed by atoms with Gasteiger partial charge in [0.25, 0.3) is 5.91 Å². The molecule has 3 aromatic carbocycles. The first kappa shape index (κ1) is 15.8. The summed E-state index contributed by atoms with van der Waals surface area (Å²) in [6, 6.07) is 24.9. The number of amides is 1. The second-order valence-electron chi connectivity index (χ2n) is 5.90. The molecule has 0 aliphatic heterocycles. The highest BCUT2D eigenvalue weighted by molar-refractivity contribution is 6.05. The molecule has 4 nitrogen and oxygen atoms in total. The van der Waals surface area contributed by atoms with Gasteiger partial charge in [0, 0.05) is 16.6 Å².